The Balaban J connectivity index is 1.68. The molecule has 0 radical (unpaired) electrons. The number of nitrogens with zero attached hydrogens (tertiary/aromatic N) is 2. The topological polar surface area (TPSA) is 47.0 Å². The van der Waals surface area contributed by atoms with Crippen LogP contribution in [0.25, 0.3) is 0 Å². The summed E-state index contributed by atoms with van der Waals surface area (Å²) in [6.07, 6.45) is 2.01. The van der Waals surface area contributed by atoms with Crippen LogP contribution in [0.3, 0.4) is 0 Å². The van der Waals surface area contributed by atoms with E-state index in [0.29, 0.717) is 11.8 Å². The molecule has 1 N–H and O–H groups in total. The predicted octanol–water partition coefficient (Wildman–Crippen LogP) is 3.44. The molecule has 0 aliphatic heterocycles. The second kappa shape index (κ2) is 7.52. The highest BCUT2D eigenvalue weighted by molar-refractivity contribution is 7.13. The van der Waals surface area contributed by atoms with Crippen LogP contribution < -0.4 is 10.1 Å². The molecule has 4 nitrogen and oxygen atoms in total. The summed E-state index contributed by atoms with van der Waals surface area (Å²) in [5, 5.41) is 13.2. The Hall–Kier alpha value is -1.46. The molecule has 0 spiro atoms. The second-order valence-corrected chi connectivity index (χ2v) is 7.03. The van der Waals surface area contributed by atoms with E-state index in [9.17, 15) is 0 Å². The molecule has 21 heavy (non-hydrogen) atoms. The number of aryl methyl sites for hydroxylation is 1. The third-order valence-corrected chi connectivity index (χ3v) is 3.73. The van der Waals surface area contributed by atoms with Gasteiger partial charge in [0.25, 0.3) is 5.19 Å². The van der Waals surface area contributed by atoms with E-state index < -0.39 is 0 Å². The monoisotopic (exact) mass is 305 g/mol. The first-order valence-corrected chi connectivity index (χ1v) is 8.09. The van der Waals surface area contributed by atoms with Crippen LogP contribution in [0.15, 0.2) is 30.3 Å². The lowest BCUT2D eigenvalue weighted by Gasteiger charge is -2.19. The van der Waals surface area contributed by atoms with Crippen LogP contribution in [0.5, 0.6) is 5.19 Å². The van der Waals surface area contributed by atoms with E-state index in [-0.39, 0.29) is 5.54 Å². The van der Waals surface area contributed by atoms with Crippen LogP contribution in [0.2, 0.25) is 0 Å². The van der Waals surface area contributed by atoms with E-state index in [0.717, 1.165) is 24.4 Å². The molecule has 0 saturated heterocycles. The smallest absolute Gasteiger partial charge is 0.294 e. The molecule has 0 aliphatic rings. The highest BCUT2D eigenvalue weighted by atomic mass is 32.1. The van der Waals surface area contributed by atoms with Crippen molar-refractivity contribution in [2.45, 2.75) is 45.7 Å². The molecule has 0 saturated carbocycles. The molecule has 2 aromatic rings. The van der Waals surface area contributed by atoms with Crippen molar-refractivity contribution in [2.75, 3.05) is 6.61 Å². The Morgan fingerprint density at radius 2 is 1.90 bits per heavy atom. The summed E-state index contributed by atoms with van der Waals surface area (Å²) in [7, 11) is 0. The van der Waals surface area contributed by atoms with Crippen LogP contribution >= 0.6 is 11.3 Å². The van der Waals surface area contributed by atoms with Crippen molar-refractivity contribution in [3.8, 4) is 5.19 Å². The van der Waals surface area contributed by atoms with Gasteiger partial charge in [-0.15, -0.1) is 10.2 Å². The summed E-state index contributed by atoms with van der Waals surface area (Å²) in [6.45, 7) is 7.81. The van der Waals surface area contributed by atoms with Crippen molar-refractivity contribution in [3.63, 3.8) is 0 Å². The predicted molar refractivity (Wildman–Crippen MR) is 86.8 cm³/mol. The number of ether oxygens (including phenoxy) is 1. The molecule has 1 aromatic heterocycles. The van der Waals surface area contributed by atoms with Crippen molar-refractivity contribution < 1.29 is 4.74 Å². The highest BCUT2D eigenvalue weighted by Gasteiger charge is 2.11. The van der Waals surface area contributed by atoms with Gasteiger partial charge in [0.2, 0.25) is 0 Å². The summed E-state index contributed by atoms with van der Waals surface area (Å²) in [6, 6.07) is 10.4. The van der Waals surface area contributed by atoms with Crippen molar-refractivity contribution >= 4 is 11.3 Å². The first-order valence-electron chi connectivity index (χ1n) is 7.27. The largest absolute Gasteiger partial charge is 0.469 e. The van der Waals surface area contributed by atoms with Crippen LogP contribution in [-0.2, 0) is 13.0 Å². The van der Waals surface area contributed by atoms with E-state index >= 15 is 0 Å². The summed E-state index contributed by atoms with van der Waals surface area (Å²) >= 11 is 1.51. The fraction of sp³-hybridized carbons (Fsp3) is 0.500. The van der Waals surface area contributed by atoms with Crippen molar-refractivity contribution in [2.24, 2.45) is 0 Å². The van der Waals surface area contributed by atoms with Gasteiger partial charge in [0.05, 0.1) is 13.2 Å². The first-order chi connectivity index (χ1) is 10.0. The minimum atomic E-state index is 0.0857. The molecule has 1 aromatic carbocycles. The Bertz CT molecular complexity index is 534. The summed E-state index contributed by atoms with van der Waals surface area (Å²) in [5.74, 6) is 0. The molecular formula is C16H23N3OS. The van der Waals surface area contributed by atoms with Crippen molar-refractivity contribution in [1.82, 2.24) is 15.5 Å². The molecule has 114 valence electrons. The van der Waals surface area contributed by atoms with Gasteiger partial charge in [-0.25, -0.2) is 0 Å². The van der Waals surface area contributed by atoms with Crippen molar-refractivity contribution in [3.05, 3.63) is 40.9 Å². The Morgan fingerprint density at radius 3 is 2.62 bits per heavy atom. The maximum absolute atomic E-state index is 5.66. The lowest BCUT2D eigenvalue weighted by Crippen LogP contribution is -2.35. The normalized spacial score (nSPS) is 11.6. The van der Waals surface area contributed by atoms with Gasteiger partial charge in [-0.2, -0.15) is 0 Å². The van der Waals surface area contributed by atoms with Gasteiger partial charge in [0.1, 0.15) is 5.01 Å². The zero-order valence-corrected chi connectivity index (χ0v) is 13.7. The van der Waals surface area contributed by atoms with Crippen LogP contribution in [0.4, 0.5) is 0 Å². The van der Waals surface area contributed by atoms with Gasteiger partial charge in [0, 0.05) is 5.54 Å². The number of hydrogen-bond acceptors (Lipinski definition) is 5. The van der Waals surface area contributed by atoms with E-state index in [1.165, 1.54) is 16.9 Å². The quantitative estimate of drug-likeness (QED) is 0.796. The minimum absolute atomic E-state index is 0.0857. The average molecular weight is 305 g/mol. The molecule has 0 aliphatic carbocycles. The number of nitrogens with one attached hydrogen (secondary N) is 1. The summed E-state index contributed by atoms with van der Waals surface area (Å²) in [4.78, 5) is 0. The number of rotatable bonds is 7. The molecule has 5 heteroatoms. The zero-order chi connectivity index (χ0) is 15.1. The molecule has 0 atom stereocenters. The third-order valence-electron chi connectivity index (χ3n) is 2.90. The standard InChI is InChI=1S/C16H23N3OS/c1-16(2,3)17-12-14-18-19-15(21-14)20-11-7-10-13-8-5-4-6-9-13/h4-6,8-9,17H,7,10-12H2,1-3H3. The van der Waals surface area contributed by atoms with Crippen LogP contribution in [0, 0.1) is 0 Å². The van der Waals surface area contributed by atoms with Gasteiger partial charge >= 0.3 is 0 Å². The van der Waals surface area contributed by atoms with E-state index in [4.69, 9.17) is 4.74 Å². The molecule has 1 heterocycles. The zero-order valence-electron chi connectivity index (χ0n) is 12.9. The van der Waals surface area contributed by atoms with Gasteiger partial charge < -0.3 is 10.1 Å². The fourth-order valence-corrected chi connectivity index (χ4v) is 2.44. The minimum Gasteiger partial charge on any atom is -0.469 e. The van der Waals surface area contributed by atoms with E-state index in [1.807, 2.05) is 6.07 Å². The third kappa shape index (κ3) is 6.23. The lowest BCUT2D eigenvalue weighted by molar-refractivity contribution is 0.307. The van der Waals surface area contributed by atoms with Gasteiger partial charge in [-0.3, -0.25) is 0 Å². The van der Waals surface area contributed by atoms with Gasteiger partial charge in [-0.05, 0) is 39.2 Å². The number of hydrogen-bond donors (Lipinski definition) is 1. The van der Waals surface area contributed by atoms with Gasteiger partial charge in [-0.1, -0.05) is 41.7 Å². The molecule has 0 unspecified atom stereocenters. The van der Waals surface area contributed by atoms with Crippen molar-refractivity contribution in [1.29, 1.82) is 0 Å². The summed E-state index contributed by atoms with van der Waals surface area (Å²) < 4.78 is 5.66. The molecule has 0 bridgehead atoms. The summed E-state index contributed by atoms with van der Waals surface area (Å²) in [5.41, 5.74) is 1.43. The Labute approximate surface area is 130 Å². The van der Waals surface area contributed by atoms with Crippen LogP contribution in [0.1, 0.15) is 37.8 Å². The highest BCUT2D eigenvalue weighted by Crippen LogP contribution is 2.18. The molecular weight excluding hydrogens is 282 g/mol. The van der Waals surface area contributed by atoms with E-state index in [1.54, 1.807) is 0 Å². The number of aromatic nitrogens is 2. The number of benzene rings is 1. The van der Waals surface area contributed by atoms with E-state index in [2.05, 4.69) is 60.6 Å². The Kier molecular flexibility index (Phi) is 5.70. The molecule has 2 rings (SSSR count). The Morgan fingerprint density at radius 1 is 1.14 bits per heavy atom. The van der Waals surface area contributed by atoms with Gasteiger partial charge in [0.15, 0.2) is 0 Å². The SMILES string of the molecule is CC(C)(C)NCc1nnc(OCCCc2ccccc2)s1. The second-order valence-electron chi connectivity index (χ2n) is 6.00. The van der Waals surface area contributed by atoms with Crippen LogP contribution in [-0.4, -0.2) is 22.3 Å². The lowest BCUT2D eigenvalue weighted by atomic mass is 10.1. The fourth-order valence-electron chi connectivity index (χ4n) is 1.79. The average Bonchev–Trinajstić information content (AvgIpc) is 2.90. The first kappa shape index (κ1) is 15.9. The molecule has 0 amide bonds. The molecule has 0 fully saturated rings. The maximum atomic E-state index is 5.66. The maximum Gasteiger partial charge on any atom is 0.294 e.